The summed E-state index contributed by atoms with van der Waals surface area (Å²) in [6.07, 6.45) is 3.37. The van der Waals surface area contributed by atoms with Crippen LogP contribution in [0.4, 0.5) is 4.39 Å². The smallest absolute Gasteiger partial charge is 0.223 e. The van der Waals surface area contributed by atoms with Crippen molar-refractivity contribution in [3.05, 3.63) is 71.5 Å². The Morgan fingerprint density at radius 1 is 0.821 bits per heavy atom. The van der Waals surface area contributed by atoms with E-state index in [9.17, 15) is 14.0 Å². The van der Waals surface area contributed by atoms with Crippen LogP contribution in [0.3, 0.4) is 0 Å². The van der Waals surface area contributed by atoms with Gasteiger partial charge in [0, 0.05) is 24.9 Å². The van der Waals surface area contributed by atoms with Gasteiger partial charge in [-0.2, -0.15) is 0 Å². The van der Waals surface area contributed by atoms with Crippen LogP contribution in [0.1, 0.15) is 36.8 Å². The van der Waals surface area contributed by atoms with Crippen molar-refractivity contribution in [1.82, 2.24) is 10.6 Å². The molecule has 1 fully saturated rings. The van der Waals surface area contributed by atoms with E-state index in [2.05, 4.69) is 10.6 Å². The molecule has 3 rings (SSSR count). The average molecular weight is 382 g/mol. The first-order valence-corrected chi connectivity index (χ1v) is 9.96. The summed E-state index contributed by atoms with van der Waals surface area (Å²) in [5.74, 6) is -0.231. The molecule has 2 aromatic carbocycles. The largest absolute Gasteiger partial charge is 0.356 e. The summed E-state index contributed by atoms with van der Waals surface area (Å²) < 4.78 is 13.6. The molecule has 2 amide bonds. The van der Waals surface area contributed by atoms with Crippen molar-refractivity contribution in [1.29, 1.82) is 0 Å². The van der Waals surface area contributed by atoms with Crippen molar-refractivity contribution in [2.75, 3.05) is 6.54 Å². The minimum Gasteiger partial charge on any atom is -0.356 e. The van der Waals surface area contributed by atoms with Gasteiger partial charge in [-0.15, -0.1) is 0 Å². The van der Waals surface area contributed by atoms with Gasteiger partial charge in [0.15, 0.2) is 0 Å². The quantitative estimate of drug-likeness (QED) is 0.769. The lowest BCUT2D eigenvalue weighted by Crippen LogP contribution is -2.38. The van der Waals surface area contributed by atoms with Gasteiger partial charge < -0.3 is 10.6 Å². The molecule has 0 aromatic heterocycles. The molecule has 1 aliphatic rings. The monoisotopic (exact) mass is 382 g/mol. The second-order valence-corrected chi connectivity index (χ2v) is 7.38. The normalized spacial score (nSPS) is 19.0. The first kappa shape index (κ1) is 20.1. The van der Waals surface area contributed by atoms with E-state index in [4.69, 9.17) is 0 Å². The van der Waals surface area contributed by atoms with E-state index in [0.29, 0.717) is 25.1 Å². The molecule has 2 aromatic rings. The molecule has 2 N–H and O–H groups in total. The predicted octanol–water partition coefficient (Wildman–Crippen LogP) is 3.61. The number of halogens is 1. The molecule has 0 heterocycles. The van der Waals surface area contributed by atoms with E-state index in [1.54, 1.807) is 18.2 Å². The molecule has 28 heavy (non-hydrogen) atoms. The summed E-state index contributed by atoms with van der Waals surface area (Å²) in [6.45, 7) is 0.966. The molecular formula is C23H27FN2O2. The van der Waals surface area contributed by atoms with Gasteiger partial charge in [-0.3, -0.25) is 9.59 Å². The van der Waals surface area contributed by atoms with Crippen LogP contribution in [0.2, 0.25) is 0 Å². The Morgan fingerprint density at radius 2 is 1.39 bits per heavy atom. The molecule has 0 atom stereocenters. The molecule has 1 aliphatic carbocycles. The second kappa shape index (κ2) is 10.0. The van der Waals surface area contributed by atoms with Crippen LogP contribution in [-0.4, -0.2) is 18.4 Å². The van der Waals surface area contributed by atoms with E-state index in [1.807, 2.05) is 30.3 Å². The summed E-state index contributed by atoms with van der Waals surface area (Å²) in [5.41, 5.74) is 1.69. The van der Waals surface area contributed by atoms with Crippen LogP contribution in [0.25, 0.3) is 0 Å². The molecule has 1 saturated carbocycles. The van der Waals surface area contributed by atoms with Gasteiger partial charge in [0.25, 0.3) is 0 Å². The maximum absolute atomic E-state index is 13.6. The first-order chi connectivity index (χ1) is 13.6. The molecule has 4 nitrogen and oxygen atoms in total. The van der Waals surface area contributed by atoms with Gasteiger partial charge in [0.05, 0.1) is 0 Å². The standard InChI is InChI=1S/C23H27FN2O2/c24-21-9-5-4-8-18(21)14-15-25-22(27)19-10-12-20(13-11-19)23(28)26-16-17-6-2-1-3-7-17/h1-9,19-20H,10-16H2,(H,25,27)(H,26,28). The number of rotatable bonds is 7. The van der Waals surface area contributed by atoms with E-state index >= 15 is 0 Å². The first-order valence-electron chi connectivity index (χ1n) is 9.96. The summed E-state index contributed by atoms with van der Waals surface area (Å²) >= 11 is 0. The zero-order valence-electron chi connectivity index (χ0n) is 16.0. The van der Waals surface area contributed by atoms with Crippen LogP contribution >= 0.6 is 0 Å². The number of hydrogen-bond donors (Lipinski definition) is 2. The Balaban J connectivity index is 1.36. The second-order valence-electron chi connectivity index (χ2n) is 7.38. The third kappa shape index (κ3) is 5.65. The zero-order chi connectivity index (χ0) is 19.8. The number of carbonyl (C=O) groups is 2. The van der Waals surface area contributed by atoms with Crippen molar-refractivity contribution < 1.29 is 14.0 Å². The predicted molar refractivity (Wildman–Crippen MR) is 107 cm³/mol. The van der Waals surface area contributed by atoms with Crippen LogP contribution in [-0.2, 0) is 22.6 Å². The maximum Gasteiger partial charge on any atom is 0.223 e. The number of hydrogen-bond acceptors (Lipinski definition) is 2. The Kier molecular flexibility index (Phi) is 7.18. The lowest BCUT2D eigenvalue weighted by molar-refractivity contribution is -0.130. The van der Waals surface area contributed by atoms with Crippen LogP contribution in [0, 0.1) is 17.7 Å². The number of benzene rings is 2. The maximum atomic E-state index is 13.6. The highest BCUT2D eigenvalue weighted by atomic mass is 19.1. The molecule has 0 radical (unpaired) electrons. The summed E-state index contributed by atoms with van der Waals surface area (Å²) in [4.78, 5) is 24.7. The Morgan fingerprint density at radius 3 is 2.04 bits per heavy atom. The van der Waals surface area contributed by atoms with Crippen LogP contribution in [0.15, 0.2) is 54.6 Å². The molecule has 5 heteroatoms. The minimum atomic E-state index is -0.237. The van der Waals surface area contributed by atoms with Crippen LogP contribution in [0.5, 0.6) is 0 Å². The Labute approximate surface area is 165 Å². The number of nitrogens with one attached hydrogen (secondary N) is 2. The molecule has 148 valence electrons. The fraction of sp³-hybridized carbons (Fsp3) is 0.391. The van der Waals surface area contributed by atoms with Gasteiger partial charge in [-0.25, -0.2) is 4.39 Å². The van der Waals surface area contributed by atoms with Crippen molar-refractivity contribution in [3.63, 3.8) is 0 Å². The third-order valence-electron chi connectivity index (χ3n) is 5.43. The highest BCUT2D eigenvalue weighted by molar-refractivity contribution is 5.81. The highest BCUT2D eigenvalue weighted by Crippen LogP contribution is 2.29. The highest BCUT2D eigenvalue weighted by Gasteiger charge is 2.29. The van der Waals surface area contributed by atoms with Crippen molar-refractivity contribution in [2.45, 2.75) is 38.6 Å². The molecule has 0 unspecified atom stereocenters. The average Bonchev–Trinajstić information content (AvgIpc) is 2.74. The fourth-order valence-corrected chi connectivity index (χ4v) is 3.71. The number of carbonyl (C=O) groups excluding carboxylic acids is 2. The summed E-state index contributed by atoms with van der Waals surface area (Å²) in [7, 11) is 0. The molecule has 0 aliphatic heterocycles. The van der Waals surface area contributed by atoms with E-state index in [0.717, 1.165) is 31.2 Å². The molecule has 0 saturated heterocycles. The van der Waals surface area contributed by atoms with Crippen molar-refractivity contribution >= 4 is 11.8 Å². The topological polar surface area (TPSA) is 58.2 Å². The zero-order valence-corrected chi connectivity index (χ0v) is 16.0. The van der Waals surface area contributed by atoms with Gasteiger partial charge in [-0.1, -0.05) is 48.5 Å². The summed E-state index contributed by atoms with van der Waals surface area (Å²) in [5, 5.41) is 5.91. The minimum absolute atomic E-state index is 0.0134. The third-order valence-corrected chi connectivity index (χ3v) is 5.43. The number of amides is 2. The Bertz CT molecular complexity index is 786. The Hall–Kier alpha value is -2.69. The summed E-state index contributed by atoms with van der Waals surface area (Å²) in [6, 6.07) is 16.5. The van der Waals surface area contributed by atoms with Gasteiger partial charge in [0.1, 0.15) is 5.82 Å². The van der Waals surface area contributed by atoms with E-state index < -0.39 is 0 Å². The van der Waals surface area contributed by atoms with E-state index in [-0.39, 0.29) is 29.5 Å². The molecular weight excluding hydrogens is 355 g/mol. The lowest BCUT2D eigenvalue weighted by atomic mass is 9.81. The SMILES string of the molecule is O=C(NCCc1ccccc1F)C1CCC(C(=O)NCc2ccccc2)CC1. The van der Waals surface area contributed by atoms with Gasteiger partial charge >= 0.3 is 0 Å². The van der Waals surface area contributed by atoms with Crippen molar-refractivity contribution in [3.8, 4) is 0 Å². The van der Waals surface area contributed by atoms with Crippen molar-refractivity contribution in [2.24, 2.45) is 11.8 Å². The molecule has 0 spiro atoms. The van der Waals surface area contributed by atoms with Gasteiger partial charge in [-0.05, 0) is 49.3 Å². The fourth-order valence-electron chi connectivity index (χ4n) is 3.71. The van der Waals surface area contributed by atoms with Gasteiger partial charge in [0.2, 0.25) is 11.8 Å². The van der Waals surface area contributed by atoms with E-state index in [1.165, 1.54) is 6.07 Å². The molecule has 0 bridgehead atoms. The lowest BCUT2D eigenvalue weighted by Gasteiger charge is -2.27. The van der Waals surface area contributed by atoms with Crippen LogP contribution < -0.4 is 10.6 Å².